The lowest BCUT2D eigenvalue weighted by Crippen LogP contribution is -2.29. The van der Waals surface area contributed by atoms with E-state index in [-0.39, 0.29) is 11.8 Å². The molecule has 6 nitrogen and oxygen atoms in total. The van der Waals surface area contributed by atoms with E-state index in [1.54, 1.807) is 5.48 Å². The van der Waals surface area contributed by atoms with Crippen LogP contribution in [0.25, 0.3) is 0 Å². The zero-order chi connectivity index (χ0) is 10.8. The molecule has 14 heavy (non-hydrogen) atoms. The highest BCUT2D eigenvalue weighted by Crippen LogP contribution is 2.04. The molecule has 0 fully saturated rings. The third-order valence-corrected chi connectivity index (χ3v) is 1.84. The summed E-state index contributed by atoms with van der Waals surface area (Å²) in [5.41, 5.74) is 3.61. The summed E-state index contributed by atoms with van der Waals surface area (Å²) in [5.74, 6) is 4.35. The number of hydrogen-bond acceptors (Lipinski definition) is 4. The molecule has 0 radical (unpaired) electrons. The predicted octanol–water partition coefficient (Wildman–Crippen LogP) is -0.178. The molecule has 0 spiro atoms. The van der Waals surface area contributed by atoms with Crippen molar-refractivity contribution in [1.29, 1.82) is 0 Å². The number of carbonyl (C=O) groups is 2. The molecule has 0 heterocycles. The minimum atomic E-state index is -0.371. The third kappa shape index (κ3) is 7.51. The smallest absolute Gasteiger partial charge is 0.243 e. The number of rotatable bonds is 7. The highest BCUT2D eigenvalue weighted by molar-refractivity contribution is 5.75. The minimum Gasteiger partial charge on any atom is -0.294 e. The summed E-state index contributed by atoms with van der Waals surface area (Å²) in [6.07, 6.45) is 3.97. The average Bonchev–Trinajstić information content (AvgIpc) is 2.22. The highest BCUT2D eigenvalue weighted by atomic mass is 16.5. The maximum absolute atomic E-state index is 10.7. The van der Waals surface area contributed by atoms with Crippen LogP contribution < -0.4 is 16.7 Å². The first-order valence-corrected chi connectivity index (χ1v) is 4.63. The largest absolute Gasteiger partial charge is 0.294 e. The van der Waals surface area contributed by atoms with Crippen molar-refractivity contribution < 1.29 is 14.8 Å². The van der Waals surface area contributed by atoms with Crippen molar-refractivity contribution in [3.05, 3.63) is 0 Å². The molecule has 0 rings (SSSR count). The van der Waals surface area contributed by atoms with Gasteiger partial charge in [0, 0.05) is 12.8 Å². The number of hydroxylamine groups is 1. The van der Waals surface area contributed by atoms with Crippen molar-refractivity contribution in [3.8, 4) is 0 Å². The van der Waals surface area contributed by atoms with E-state index in [9.17, 15) is 9.59 Å². The molecule has 0 saturated carbocycles. The Bertz CT molecular complexity index is 165. The highest BCUT2D eigenvalue weighted by Gasteiger charge is 2.00. The van der Waals surface area contributed by atoms with E-state index < -0.39 is 0 Å². The number of nitrogens with two attached hydrogens (primary N) is 1. The van der Waals surface area contributed by atoms with Gasteiger partial charge in [-0.05, 0) is 12.8 Å². The zero-order valence-electron chi connectivity index (χ0n) is 8.08. The molecule has 0 aromatic carbocycles. The molecule has 5 N–H and O–H groups in total. The van der Waals surface area contributed by atoms with E-state index in [2.05, 4.69) is 0 Å². The van der Waals surface area contributed by atoms with Crippen molar-refractivity contribution in [2.24, 2.45) is 5.84 Å². The summed E-state index contributed by atoms with van der Waals surface area (Å²) in [6, 6.07) is 0. The van der Waals surface area contributed by atoms with Crippen LogP contribution in [0, 0.1) is 0 Å². The number of hydrazine groups is 1. The standard InChI is InChI=1S/C8H17N3O3/c9-10-7(12)5-3-1-2-4-6-8(13)11-14/h14H,1-6,9H2,(H,10,12)(H,11,13). The fourth-order valence-electron chi connectivity index (χ4n) is 1.05. The van der Waals surface area contributed by atoms with E-state index in [1.807, 2.05) is 5.43 Å². The minimum absolute atomic E-state index is 0.168. The molecule has 2 amide bonds. The van der Waals surface area contributed by atoms with Crippen LogP contribution in [0.3, 0.4) is 0 Å². The second-order valence-electron chi connectivity index (χ2n) is 3.02. The quantitative estimate of drug-likeness (QED) is 0.151. The summed E-state index contributed by atoms with van der Waals surface area (Å²) in [5, 5.41) is 8.18. The summed E-state index contributed by atoms with van der Waals surface area (Å²) >= 11 is 0. The fraction of sp³-hybridized carbons (Fsp3) is 0.750. The zero-order valence-corrected chi connectivity index (χ0v) is 8.08. The Balaban J connectivity index is 3.14. The van der Waals surface area contributed by atoms with Crippen LogP contribution in [0.4, 0.5) is 0 Å². The molecular weight excluding hydrogens is 186 g/mol. The van der Waals surface area contributed by atoms with E-state index in [0.717, 1.165) is 25.7 Å². The number of carbonyl (C=O) groups excluding carboxylic acids is 2. The molecule has 0 unspecified atom stereocenters. The van der Waals surface area contributed by atoms with Gasteiger partial charge in [-0.25, -0.2) is 11.3 Å². The first-order valence-electron chi connectivity index (χ1n) is 4.63. The average molecular weight is 203 g/mol. The van der Waals surface area contributed by atoms with Gasteiger partial charge in [-0.3, -0.25) is 20.2 Å². The lowest BCUT2D eigenvalue weighted by atomic mass is 10.1. The van der Waals surface area contributed by atoms with Crippen molar-refractivity contribution in [3.63, 3.8) is 0 Å². The Morgan fingerprint density at radius 1 is 1.00 bits per heavy atom. The number of nitrogens with one attached hydrogen (secondary N) is 2. The van der Waals surface area contributed by atoms with Gasteiger partial charge in [0.15, 0.2) is 0 Å². The van der Waals surface area contributed by atoms with Gasteiger partial charge in [0.05, 0.1) is 0 Å². The summed E-state index contributed by atoms with van der Waals surface area (Å²) in [4.78, 5) is 21.2. The first kappa shape index (κ1) is 12.9. The molecule has 0 aliphatic rings. The third-order valence-electron chi connectivity index (χ3n) is 1.84. The molecule has 0 aliphatic heterocycles. The van der Waals surface area contributed by atoms with Crippen molar-refractivity contribution in [2.75, 3.05) is 0 Å². The van der Waals surface area contributed by atoms with Gasteiger partial charge in [0.2, 0.25) is 11.8 Å². The van der Waals surface area contributed by atoms with Gasteiger partial charge in [0.25, 0.3) is 0 Å². The van der Waals surface area contributed by atoms with Crippen molar-refractivity contribution >= 4 is 11.8 Å². The molecule has 0 saturated heterocycles. The van der Waals surface area contributed by atoms with Crippen LogP contribution >= 0.6 is 0 Å². The summed E-state index contributed by atoms with van der Waals surface area (Å²) in [6.45, 7) is 0. The van der Waals surface area contributed by atoms with Gasteiger partial charge >= 0.3 is 0 Å². The van der Waals surface area contributed by atoms with E-state index in [1.165, 1.54) is 0 Å². The molecule has 0 atom stereocenters. The summed E-state index contributed by atoms with van der Waals surface area (Å²) in [7, 11) is 0. The molecule has 6 heteroatoms. The Hall–Kier alpha value is -1.14. The lowest BCUT2D eigenvalue weighted by Gasteiger charge is -2.00. The van der Waals surface area contributed by atoms with E-state index >= 15 is 0 Å². The van der Waals surface area contributed by atoms with Crippen molar-refractivity contribution in [1.82, 2.24) is 10.9 Å². The van der Waals surface area contributed by atoms with Gasteiger partial charge in [0.1, 0.15) is 0 Å². The number of amides is 2. The SMILES string of the molecule is NNC(=O)CCCCCCC(=O)NO. The van der Waals surface area contributed by atoms with Gasteiger partial charge in [-0.15, -0.1) is 0 Å². The first-order chi connectivity index (χ1) is 6.70. The van der Waals surface area contributed by atoms with Gasteiger partial charge < -0.3 is 0 Å². The molecule has 0 aliphatic carbocycles. The molecular formula is C8H17N3O3. The van der Waals surface area contributed by atoms with Crippen LogP contribution in [0.2, 0.25) is 0 Å². The van der Waals surface area contributed by atoms with Gasteiger partial charge in [-0.2, -0.15) is 0 Å². The normalized spacial score (nSPS) is 9.57. The van der Waals surface area contributed by atoms with E-state index in [0.29, 0.717) is 12.8 Å². The monoisotopic (exact) mass is 203 g/mol. The van der Waals surface area contributed by atoms with Crippen LogP contribution in [0.5, 0.6) is 0 Å². The van der Waals surface area contributed by atoms with Crippen LogP contribution in [-0.4, -0.2) is 17.0 Å². The van der Waals surface area contributed by atoms with E-state index in [4.69, 9.17) is 11.0 Å². The van der Waals surface area contributed by atoms with Crippen molar-refractivity contribution in [2.45, 2.75) is 38.5 Å². The van der Waals surface area contributed by atoms with Gasteiger partial charge in [-0.1, -0.05) is 12.8 Å². The van der Waals surface area contributed by atoms with Crippen LogP contribution in [0.15, 0.2) is 0 Å². The Morgan fingerprint density at radius 3 is 1.93 bits per heavy atom. The van der Waals surface area contributed by atoms with Crippen LogP contribution in [-0.2, 0) is 9.59 Å². The van der Waals surface area contributed by atoms with Crippen LogP contribution in [0.1, 0.15) is 38.5 Å². The fourth-order valence-corrected chi connectivity index (χ4v) is 1.05. The Morgan fingerprint density at radius 2 is 1.50 bits per heavy atom. The Kier molecular flexibility index (Phi) is 7.77. The topological polar surface area (TPSA) is 104 Å². The Labute approximate surface area is 82.8 Å². The summed E-state index contributed by atoms with van der Waals surface area (Å²) < 4.78 is 0. The maximum atomic E-state index is 10.7. The molecule has 0 aromatic rings. The molecule has 0 bridgehead atoms. The molecule has 82 valence electrons. The number of hydrogen-bond donors (Lipinski definition) is 4. The molecule has 0 aromatic heterocycles. The predicted molar refractivity (Wildman–Crippen MR) is 50.0 cm³/mol. The second kappa shape index (κ2) is 8.46. The number of unbranched alkanes of at least 4 members (excludes halogenated alkanes) is 3. The second-order valence-corrected chi connectivity index (χ2v) is 3.02. The maximum Gasteiger partial charge on any atom is 0.243 e. The lowest BCUT2D eigenvalue weighted by molar-refractivity contribution is -0.129.